The molecule has 25 heavy (non-hydrogen) atoms. The van der Waals surface area contributed by atoms with Gasteiger partial charge >= 0.3 is 0 Å². The minimum Gasteiger partial charge on any atom is -0.491 e. The van der Waals surface area contributed by atoms with Crippen molar-refractivity contribution < 1.29 is 19.0 Å². The van der Waals surface area contributed by atoms with E-state index >= 15 is 0 Å². The third-order valence-electron chi connectivity index (χ3n) is 3.56. The number of carbonyl (C=O) groups excluding carboxylic acids is 1. The molecule has 0 aliphatic heterocycles. The van der Waals surface area contributed by atoms with E-state index in [2.05, 4.69) is 5.32 Å². The Hall–Kier alpha value is -2.44. The third-order valence-corrected chi connectivity index (χ3v) is 3.56. The summed E-state index contributed by atoms with van der Waals surface area (Å²) in [5, 5.41) is 12.5. The first-order valence-corrected chi connectivity index (χ1v) is 7.98. The van der Waals surface area contributed by atoms with Crippen LogP contribution in [-0.4, -0.2) is 49.3 Å². The van der Waals surface area contributed by atoms with Gasteiger partial charge in [0.1, 0.15) is 24.3 Å². The van der Waals surface area contributed by atoms with Crippen LogP contribution in [0.5, 0.6) is 5.75 Å². The van der Waals surface area contributed by atoms with Crippen molar-refractivity contribution in [2.45, 2.75) is 13.0 Å². The molecule has 0 aromatic heterocycles. The number of hydrogen-bond donors (Lipinski definition) is 2. The van der Waals surface area contributed by atoms with Gasteiger partial charge in [0, 0.05) is 17.8 Å². The first-order chi connectivity index (χ1) is 11.8. The number of aliphatic hydroxyl groups is 1. The fraction of sp³-hybridized carbons (Fsp3) is 0.316. The summed E-state index contributed by atoms with van der Waals surface area (Å²) in [6.07, 6.45) is -0.573. The number of aryl methyl sites for hydroxylation is 1. The van der Waals surface area contributed by atoms with Crippen LogP contribution in [0.4, 0.5) is 10.1 Å². The van der Waals surface area contributed by atoms with Crippen molar-refractivity contribution >= 4 is 11.6 Å². The molecule has 0 aliphatic rings. The van der Waals surface area contributed by atoms with Crippen molar-refractivity contribution in [2.75, 3.05) is 32.6 Å². The molecule has 2 rings (SSSR count). The summed E-state index contributed by atoms with van der Waals surface area (Å²) >= 11 is 0. The summed E-state index contributed by atoms with van der Waals surface area (Å²) < 4.78 is 18.6. The number of ether oxygens (including phenoxy) is 1. The molecule has 5 nitrogen and oxygen atoms in total. The highest BCUT2D eigenvalue weighted by molar-refractivity contribution is 6.05. The topological polar surface area (TPSA) is 61.8 Å². The maximum atomic E-state index is 13.1. The fourth-order valence-electron chi connectivity index (χ4n) is 2.38. The molecule has 0 aliphatic carbocycles. The van der Waals surface area contributed by atoms with Crippen LogP contribution < -0.4 is 10.1 Å². The summed E-state index contributed by atoms with van der Waals surface area (Å²) in [5.74, 6) is -0.0617. The largest absolute Gasteiger partial charge is 0.491 e. The van der Waals surface area contributed by atoms with Crippen LogP contribution in [0.25, 0.3) is 0 Å². The summed E-state index contributed by atoms with van der Waals surface area (Å²) in [7, 11) is 3.76. The highest BCUT2D eigenvalue weighted by Crippen LogP contribution is 2.18. The third kappa shape index (κ3) is 5.85. The normalized spacial score (nSPS) is 12.1. The lowest BCUT2D eigenvalue weighted by Gasteiger charge is -2.16. The highest BCUT2D eigenvalue weighted by atomic mass is 19.1. The van der Waals surface area contributed by atoms with E-state index < -0.39 is 6.10 Å². The first kappa shape index (κ1) is 18.9. The Morgan fingerprint density at radius 1 is 1.24 bits per heavy atom. The molecule has 0 saturated heterocycles. The lowest BCUT2D eigenvalue weighted by Crippen LogP contribution is -2.30. The number of carbonyl (C=O) groups is 1. The lowest BCUT2D eigenvalue weighted by molar-refractivity contribution is 0.0831. The standard InChI is InChI=1S/C19H23FN2O3/c1-13-10-14(20)4-9-18(13)19(24)21-15-5-7-17(8-6-15)25-12-16(23)11-22(2)3/h4-10,16,23H,11-12H2,1-3H3,(H,21,24). The van der Waals surface area contributed by atoms with E-state index in [1.807, 2.05) is 19.0 Å². The summed E-state index contributed by atoms with van der Waals surface area (Å²) in [5.41, 5.74) is 1.61. The van der Waals surface area contributed by atoms with Crippen molar-refractivity contribution in [3.05, 3.63) is 59.4 Å². The van der Waals surface area contributed by atoms with Gasteiger partial charge in [-0.3, -0.25) is 4.79 Å². The zero-order valence-corrected chi connectivity index (χ0v) is 14.6. The maximum Gasteiger partial charge on any atom is 0.255 e. The van der Waals surface area contributed by atoms with E-state index in [9.17, 15) is 14.3 Å². The van der Waals surface area contributed by atoms with E-state index in [0.717, 1.165) is 0 Å². The van der Waals surface area contributed by atoms with Crippen LogP contribution in [0.1, 0.15) is 15.9 Å². The average Bonchev–Trinajstić information content (AvgIpc) is 2.53. The van der Waals surface area contributed by atoms with E-state index in [-0.39, 0.29) is 18.3 Å². The minimum atomic E-state index is -0.573. The van der Waals surface area contributed by atoms with Gasteiger partial charge < -0.3 is 20.1 Å². The Morgan fingerprint density at radius 2 is 1.92 bits per heavy atom. The van der Waals surface area contributed by atoms with Crippen LogP contribution in [0.3, 0.4) is 0 Å². The molecular weight excluding hydrogens is 323 g/mol. The number of aliphatic hydroxyl groups excluding tert-OH is 1. The Balaban J connectivity index is 1.92. The Morgan fingerprint density at radius 3 is 2.52 bits per heavy atom. The predicted octanol–water partition coefficient (Wildman–Crippen LogP) is 2.69. The fourth-order valence-corrected chi connectivity index (χ4v) is 2.38. The second kappa shape index (κ2) is 8.60. The Kier molecular flexibility index (Phi) is 6.50. The number of hydrogen-bond acceptors (Lipinski definition) is 4. The molecule has 0 saturated carbocycles. The van der Waals surface area contributed by atoms with Gasteiger partial charge in [0.05, 0.1) is 0 Å². The van der Waals surface area contributed by atoms with Crippen LogP contribution in [0.15, 0.2) is 42.5 Å². The molecule has 0 spiro atoms. The number of halogens is 1. The summed E-state index contributed by atoms with van der Waals surface area (Å²) in [6.45, 7) is 2.40. The molecule has 1 unspecified atom stereocenters. The first-order valence-electron chi connectivity index (χ1n) is 7.98. The number of likely N-dealkylation sites (N-methyl/N-ethyl adjacent to an activating group) is 1. The Labute approximate surface area is 147 Å². The van der Waals surface area contributed by atoms with Crippen molar-refractivity contribution in [1.29, 1.82) is 0 Å². The molecule has 1 atom stereocenters. The number of amides is 1. The van der Waals surface area contributed by atoms with Crippen molar-refractivity contribution in [2.24, 2.45) is 0 Å². The van der Waals surface area contributed by atoms with Gasteiger partial charge in [-0.25, -0.2) is 4.39 Å². The maximum absolute atomic E-state index is 13.1. The molecule has 1 amide bonds. The number of benzene rings is 2. The molecule has 6 heteroatoms. The van der Waals surface area contributed by atoms with Crippen LogP contribution in [0.2, 0.25) is 0 Å². The number of anilines is 1. The van der Waals surface area contributed by atoms with Crippen LogP contribution in [-0.2, 0) is 0 Å². The molecule has 0 bridgehead atoms. The smallest absolute Gasteiger partial charge is 0.255 e. The van der Waals surface area contributed by atoms with Gasteiger partial charge in [-0.1, -0.05) is 0 Å². The van der Waals surface area contributed by atoms with Crippen LogP contribution >= 0.6 is 0 Å². The van der Waals surface area contributed by atoms with Gasteiger partial charge in [0.25, 0.3) is 5.91 Å². The second-order valence-electron chi connectivity index (χ2n) is 6.16. The van der Waals surface area contributed by atoms with Gasteiger partial charge in [0.2, 0.25) is 0 Å². The SMILES string of the molecule is Cc1cc(F)ccc1C(=O)Nc1ccc(OCC(O)CN(C)C)cc1. The molecule has 2 N–H and O–H groups in total. The molecule has 134 valence electrons. The zero-order chi connectivity index (χ0) is 18.4. The monoisotopic (exact) mass is 346 g/mol. The highest BCUT2D eigenvalue weighted by Gasteiger charge is 2.10. The Bertz CT molecular complexity index is 717. The second-order valence-corrected chi connectivity index (χ2v) is 6.16. The molecule has 2 aromatic carbocycles. The van der Waals surface area contributed by atoms with E-state index in [0.29, 0.717) is 29.1 Å². The van der Waals surface area contributed by atoms with Crippen molar-refractivity contribution in [3.63, 3.8) is 0 Å². The number of rotatable bonds is 7. The molecule has 0 radical (unpaired) electrons. The predicted molar refractivity (Wildman–Crippen MR) is 95.6 cm³/mol. The van der Waals surface area contributed by atoms with E-state index in [1.165, 1.54) is 18.2 Å². The van der Waals surface area contributed by atoms with Gasteiger partial charge in [0.15, 0.2) is 0 Å². The van der Waals surface area contributed by atoms with Crippen LogP contribution in [0, 0.1) is 12.7 Å². The van der Waals surface area contributed by atoms with Gasteiger partial charge in [-0.15, -0.1) is 0 Å². The number of nitrogens with one attached hydrogen (secondary N) is 1. The molecule has 0 heterocycles. The average molecular weight is 346 g/mol. The molecule has 0 fully saturated rings. The quantitative estimate of drug-likeness (QED) is 0.809. The van der Waals surface area contributed by atoms with Gasteiger partial charge in [-0.2, -0.15) is 0 Å². The lowest BCUT2D eigenvalue weighted by atomic mass is 10.1. The molecular formula is C19H23FN2O3. The van der Waals surface area contributed by atoms with Crippen molar-refractivity contribution in [1.82, 2.24) is 4.90 Å². The summed E-state index contributed by atoms with van der Waals surface area (Å²) in [6, 6.07) is 10.9. The van der Waals surface area contributed by atoms with E-state index in [1.54, 1.807) is 31.2 Å². The molecule has 2 aromatic rings. The van der Waals surface area contributed by atoms with Gasteiger partial charge in [-0.05, 0) is 69.0 Å². The number of nitrogens with zero attached hydrogens (tertiary/aromatic N) is 1. The zero-order valence-electron chi connectivity index (χ0n) is 14.6. The summed E-state index contributed by atoms with van der Waals surface area (Å²) in [4.78, 5) is 14.1. The van der Waals surface area contributed by atoms with Crippen molar-refractivity contribution in [3.8, 4) is 5.75 Å². The van der Waals surface area contributed by atoms with E-state index in [4.69, 9.17) is 4.74 Å². The minimum absolute atomic E-state index is 0.193.